The summed E-state index contributed by atoms with van der Waals surface area (Å²) < 4.78 is 1.85. The molecule has 0 bridgehead atoms. The minimum atomic E-state index is 0. The second-order valence-corrected chi connectivity index (χ2v) is 4.57. The summed E-state index contributed by atoms with van der Waals surface area (Å²) >= 11 is 0. The molecule has 5 nitrogen and oxygen atoms in total. The van der Waals surface area contributed by atoms with Crippen LogP contribution in [0.4, 0.5) is 0 Å². The van der Waals surface area contributed by atoms with Crippen LogP contribution in [-0.4, -0.2) is 34.8 Å². The fourth-order valence-corrected chi connectivity index (χ4v) is 2.08. The molecule has 1 aromatic rings. The zero-order valence-electron chi connectivity index (χ0n) is 10.7. The van der Waals surface area contributed by atoms with Crippen molar-refractivity contribution < 1.29 is 4.79 Å². The third-order valence-corrected chi connectivity index (χ3v) is 3.03. The number of nitrogens with one attached hydrogen (secondary N) is 2. The number of carbonyl (C=O) groups excluding carboxylic acids is 1. The normalized spacial score (nSPS) is 19.1. The lowest BCUT2D eigenvalue weighted by atomic mass is 10.0. The molecular formula is C12H21ClN4O. The predicted molar refractivity (Wildman–Crippen MR) is 72.9 cm³/mol. The number of hydrogen-bond acceptors (Lipinski definition) is 3. The Morgan fingerprint density at radius 1 is 1.61 bits per heavy atom. The van der Waals surface area contributed by atoms with Gasteiger partial charge in [-0.15, -0.1) is 12.4 Å². The van der Waals surface area contributed by atoms with E-state index in [0.717, 1.165) is 31.5 Å². The van der Waals surface area contributed by atoms with Crippen molar-refractivity contribution in [3.05, 3.63) is 18.0 Å². The van der Waals surface area contributed by atoms with E-state index in [1.54, 1.807) is 0 Å². The van der Waals surface area contributed by atoms with Gasteiger partial charge in [-0.25, -0.2) is 0 Å². The highest BCUT2D eigenvalue weighted by atomic mass is 35.5. The van der Waals surface area contributed by atoms with Gasteiger partial charge in [0.25, 0.3) is 0 Å². The largest absolute Gasteiger partial charge is 0.353 e. The summed E-state index contributed by atoms with van der Waals surface area (Å²) in [5, 5.41) is 10.4. The van der Waals surface area contributed by atoms with Crippen molar-refractivity contribution in [2.75, 3.05) is 13.1 Å². The zero-order valence-corrected chi connectivity index (χ0v) is 11.5. The fraction of sp³-hybridized carbons (Fsp3) is 0.667. The van der Waals surface area contributed by atoms with E-state index in [1.807, 2.05) is 24.0 Å². The first-order chi connectivity index (χ1) is 8.25. The third kappa shape index (κ3) is 4.31. The maximum Gasteiger partial charge on any atom is 0.237 e. The summed E-state index contributed by atoms with van der Waals surface area (Å²) in [6, 6.07) is 0.00288. The minimum Gasteiger partial charge on any atom is -0.353 e. The van der Waals surface area contributed by atoms with Gasteiger partial charge in [-0.05, 0) is 31.9 Å². The molecule has 1 aliphatic rings. The molecule has 0 saturated carbocycles. The smallest absolute Gasteiger partial charge is 0.237 e. The topological polar surface area (TPSA) is 59.0 Å². The predicted octanol–water partition coefficient (Wildman–Crippen LogP) is 0.872. The molecular weight excluding hydrogens is 252 g/mol. The molecule has 1 amide bonds. The van der Waals surface area contributed by atoms with Crippen LogP contribution in [0, 0.1) is 6.92 Å². The van der Waals surface area contributed by atoms with E-state index in [4.69, 9.17) is 0 Å². The van der Waals surface area contributed by atoms with Gasteiger partial charge in [-0.1, -0.05) is 6.42 Å². The standard InChI is InChI=1S/C12H20N4O.ClH/c1-10-8-15-16(9-10)7-6-14-12(17)11-4-2-3-5-13-11;/h8-9,11,13H,2-7H2,1H3,(H,14,17);1H/t11-;/m0./s1. The summed E-state index contributed by atoms with van der Waals surface area (Å²) in [6.45, 7) is 4.33. The first-order valence-electron chi connectivity index (χ1n) is 6.26. The lowest BCUT2D eigenvalue weighted by Gasteiger charge is -2.22. The number of nitrogens with zero attached hydrogens (tertiary/aromatic N) is 2. The van der Waals surface area contributed by atoms with Gasteiger partial charge in [0.2, 0.25) is 5.91 Å². The van der Waals surface area contributed by atoms with E-state index in [0.29, 0.717) is 6.54 Å². The van der Waals surface area contributed by atoms with Crippen molar-refractivity contribution in [3.63, 3.8) is 0 Å². The second-order valence-electron chi connectivity index (χ2n) is 4.57. The third-order valence-electron chi connectivity index (χ3n) is 3.03. The summed E-state index contributed by atoms with van der Waals surface area (Å²) in [6.07, 6.45) is 7.07. The molecule has 0 aromatic carbocycles. The van der Waals surface area contributed by atoms with E-state index >= 15 is 0 Å². The lowest BCUT2D eigenvalue weighted by molar-refractivity contribution is -0.123. The SMILES string of the molecule is Cc1cnn(CCNC(=O)[C@@H]2CCCCN2)c1.Cl. The van der Waals surface area contributed by atoms with Crippen molar-refractivity contribution >= 4 is 18.3 Å². The van der Waals surface area contributed by atoms with Crippen LogP contribution in [0.15, 0.2) is 12.4 Å². The average molecular weight is 273 g/mol. The van der Waals surface area contributed by atoms with E-state index in [1.165, 1.54) is 6.42 Å². The Morgan fingerprint density at radius 2 is 2.44 bits per heavy atom. The van der Waals surface area contributed by atoms with Gasteiger partial charge in [0.1, 0.15) is 0 Å². The summed E-state index contributed by atoms with van der Waals surface area (Å²) in [5.74, 6) is 0.119. The molecule has 1 aliphatic heterocycles. The molecule has 1 aromatic heterocycles. The molecule has 1 saturated heterocycles. The number of aryl methyl sites for hydroxylation is 1. The monoisotopic (exact) mass is 272 g/mol. The summed E-state index contributed by atoms with van der Waals surface area (Å²) in [5.41, 5.74) is 1.14. The van der Waals surface area contributed by atoms with Crippen LogP contribution in [0.25, 0.3) is 0 Å². The first-order valence-corrected chi connectivity index (χ1v) is 6.26. The highest BCUT2D eigenvalue weighted by Crippen LogP contribution is 2.06. The average Bonchev–Trinajstić information content (AvgIpc) is 2.76. The van der Waals surface area contributed by atoms with Gasteiger partial charge in [-0.2, -0.15) is 5.10 Å². The highest BCUT2D eigenvalue weighted by Gasteiger charge is 2.19. The number of aromatic nitrogens is 2. The van der Waals surface area contributed by atoms with Gasteiger partial charge in [0.05, 0.1) is 18.8 Å². The number of piperidine rings is 1. The van der Waals surface area contributed by atoms with Crippen molar-refractivity contribution in [2.24, 2.45) is 0 Å². The maximum absolute atomic E-state index is 11.8. The minimum absolute atomic E-state index is 0. The number of amides is 1. The molecule has 0 aliphatic carbocycles. The molecule has 1 atom stereocenters. The Morgan fingerprint density at radius 3 is 3.06 bits per heavy atom. The second kappa shape index (κ2) is 7.38. The molecule has 2 rings (SSSR count). The van der Waals surface area contributed by atoms with Crippen molar-refractivity contribution in [3.8, 4) is 0 Å². The molecule has 6 heteroatoms. The Hall–Kier alpha value is -1.07. The molecule has 1 fully saturated rings. The number of hydrogen-bond donors (Lipinski definition) is 2. The van der Waals surface area contributed by atoms with Gasteiger partial charge < -0.3 is 10.6 Å². The van der Waals surface area contributed by atoms with Crippen LogP contribution in [0.3, 0.4) is 0 Å². The van der Waals surface area contributed by atoms with Crippen LogP contribution in [0.5, 0.6) is 0 Å². The van der Waals surface area contributed by atoms with Gasteiger partial charge >= 0.3 is 0 Å². The first kappa shape index (κ1) is 15.0. The number of carbonyl (C=O) groups is 1. The number of halogens is 1. The van der Waals surface area contributed by atoms with E-state index in [9.17, 15) is 4.79 Å². The molecule has 0 spiro atoms. The van der Waals surface area contributed by atoms with Crippen molar-refractivity contribution in [1.29, 1.82) is 0 Å². The summed E-state index contributed by atoms with van der Waals surface area (Å²) in [7, 11) is 0. The van der Waals surface area contributed by atoms with Gasteiger partial charge in [-0.3, -0.25) is 9.48 Å². The number of rotatable bonds is 4. The molecule has 102 valence electrons. The quantitative estimate of drug-likeness (QED) is 0.855. The molecule has 2 heterocycles. The van der Waals surface area contributed by atoms with Crippen LogP contribution >= 0.6 is 12.4 Å². The summed E-state index contributed by atoms with van der Waals surface area (Å²) in [4.78, 5) is 11.8. The van der Waals surface area contributed by atoms with Crippen LogP contribution in [0.1, 0.15) is 24.8 Å². The lowest BCUT2D eigenvalue weighted by Crippen LogP contribution is -2.47. The molecule has 0 radical (unpaired) electrons. The van der Waals surface area contributed by atoms with Crippen molar-refractivity contribution in [2.45, 2.75) is 38.8 Å². The Bertz CT molecular complexity index is 374. The Kier molecular flexibility index (Phi) is 6.15. The van der Waals surface area contributed by atoms with E-state index in [-0.39, 0.29) is 24.4 Å². The van der Waals surface area contributed by atoms with Crippen LogP contribution in [-0.2, 0) is 11.3 Å². The van der Waals surface area contributed by atoms with E-state index < -0.39 is 0 Å². The highest BCUT2D eigenvalue weighted by molar-refractivity contribution is 5.85. The maximum atomic E-state index is 11.8. The van der Waals surface area contributed by atoms with Gasteiger partial charge in [0.15, 0.2) is 0 Å². The Labute approximate surface area is 114 Å². The molecule has 0 unspecified atom stereocenters. The van der Waals surface area contributed by atoms with Crippen LogP contribution < -0.4 is 10.6 Å². The zero-order chi connectivity index (χ0) is 12.1. The molecule has 2 N–H and O–H groups in total. The fourth-order valence-electron chi connectivity index (χ4n) is 2.08. The van der Waals surface area contributed by atoms with Crippen LogP contribution in [0.2, 0.25) is 0 Å². The van der Waals surface area contributed by atoms with Crippen molar-refractivity contribution in [1.82, 2.24) is 20.4 Å². The molecule has 18 heavy (non-hydrogen) atoms. The van der Waals surface area contributed by atoms with Gasteiger partial charge in [0, 0.05) is 12.7 Å². The Balaban J connectivity index is 0.00000162. The van der Waals surface area contributed by atoms with E-state index in [2.05, 4.69) is 15.7 Å².